The van der Waals surface area contributed by atoms with Gasteiger partial charge < -0.3 is 30.1 Å². The predicted octanol–water partition coefficient (Wildman–Crippen LogP) is 5.13. The molecule has 0 aliphatic carbocycles. The predicted molar refractivity (Wildman–Crippen MR) is 155 cm³/mol. The zero-order chi connectivity index (χ0) is 29.1. The topological polar surface area (TPSA) is 117 Å². The summed E-state index contributed by atoms with van der Waals surface area (Å²) in [4.78, 5) is 39.5. The summed E-state index contributed by atoms with van der Waals surface area (Å²) in [5.41, 5.74) is 0.417. The van der Waals surface area contributed by atoms with Crippen molar-refractivity contribution in [1.29, 1.82) is 0 Å². The fourth-order valence-electron chi connectivity index (χ4n) is 4.11. The zero-order valence-corrected chi connectivity index (χ0v) is 23.5. The first-order valence-corrected chi connectivity index (χ1v) is 13.3. The Hall–Kier alpha value is -4.24. The molecule has 3 rings (SSSR count). The number of aliphatic carboxylic acids is 1. The Bertz CT molecular complexity index is 1300. The van der Waals surface area contributed by atoms with E-state index >= 15 is 0 Å². The number of rotatable bonds is 14. The Labute approximate surface area is 239 Å². The average Bonchev–Trinajstić information content (AvgIpc) is 2.92. The molecule has 10 heteroatoms. The van der Waals surface area contributed by atoms with Gasteiger partial charge >= 0.3 is 5.97 Å². The third-order valence-electron chi connectivity index (χ3n) is 6.07. The number of carboxylic acids is 1. The number of methoxy groups -OCH3 is 1. The normalized spacial score (nSPS) is 12.1. The molecule has 0 radical (unpaired) electrons. The number of carbonyl (C=O) groups excluding carboxylic acids is 2. The maximum atomic E-state index is 14.0. The van der Waals surface area contributed by atoms with E-state index in [4.69, 9.17) is 26.2 Å². The Balaban J connectivity index is 1.83. The van der Waals surface area contributed by atoms with Crippen molar-refractivity contribution in [2.24, 2.45) is 0 Å². The number of ether oxygens (including phenoxy) is 2. The van der Waals surface area contributed by atoms with Crippen LogP contribution in [-0.2, 0) is 20.8 Å². The molecule has 3 aromatic carbocycles. The van der Waals surface area contributed by atoms with Crippen LogP contribution in [0.25, 0.3) is 0 Å². The van der Waals surface area contributed by atoms with Gasteiger partial charge in [-0.25, -0.2) is 0 Å². The number of hydrogen-bond donors (Lipinski definition) is 3. The van der Waals surface area contributed by atoms with Crippen LogP contribution < -0.4 is 25.0 Å². The summed E-state index contributed by atoms with van der Waals surface area (Å²) in [6, 6.07) is 21.0. The third kappa shape index (κ3) is 8.64. The lowest BCUT2D eigenvalue weighted by molar-refractivity contribution is -0.137. The maximum Gasteiger partial charge on any atom is 0.303 e. The van der Waals surface area contributed by atoms with E-state index < -0.39 is 11.6 Å². The van der Waals surface area contributed by atoms with Crippen molar-refractivity contribution < 1.29 is 29.0 Å². The van der Waals surface area contributed by atoms with E-state index in [0.717, 1.165) is 0 Å². The van der Waals surface area contributed by atoms with Gasteiger partial charge in [-0.3, -0.25) is 14.4 Å². The minimum absolute atomic E-state index is 0.0249. The number of amides is 2. The summed E-state index contributed by atoms with van der Waals surface area (Å²) < 4.78 is 10.8. The molecule has 1 atom stereocenters. The van der Waals surface area contributed by atoms with Crippen molar-refractivity contribution >= 4 is 40.8 Å². The second-order valence-corrected chi connectivity index (χ2v) is 9.66. The number of benzene rings is 3. The molecule has 0 saturated heterocycles. The van der Waals surface area contributed by atoms with Gasteiger partial charge in [-0.1, -0.05) is 23.7 Å². The number of carboxylic acid groups (broad SMARTS) is 1. The lowest BCUT2D eigenvalue weighted by atomic mass is 10.1. The zero-order valence-electron chi connectivity index (χ0n) is 22.8. The van der Waals surface area contributed by atoms with E-state index in [-0.39, 0.29) is 31.3 Å². The van der Waals surface area contributed by atoms with E-state index in [1.807, 2.05) is 6.92 Å². The molecule has 0 aromatic heterocycles. The Morgan fingerprint density at radius 3 is 2.27 bits per heavy atom. The van der Waals surface area contributed by atoms with Gasteiger partial charge in [0.2, 0.25) is 5.91 Å². The Morgan fingerprint density at radius 1 is 1.00 bits per heavy atom. The molecular formula is C30H34ClN3O6. The van der Waals surface area contributed by atoms with E-state index in [2.05, 4.69) is 10.6 Å². The molecule has 0 aliphatic rings. The SMILES string of the molecule is CCN(C(=O)C(C)(NC(=O)Cc1cccc(Cl)c1)Nc1ccc(OCCCC(=O)O)cc1)c1ccc(OC)cc1. The molecule has 212 valence electrons. The second-order valence-electron chi connectivity index (χ2n) is 9.22. The number of nitrogens with one attached hydrogen (secondary N) is 2. The second kappa shape index (κ2) is 14.2. The monoisotopic (exact) mass is 567 g/mol. The first-order chi connectivity index (χ1) is 19.1. The van der Waals surface area contributed by atoms with Crippen LogP contribution in [0.15, 0.2) is 72.8 Å². The fourth-order valence-corrected chi connectivity index (χ4v) is 4.32. The van der Waals surface area contributed by atoms with Crippen LogP contribution in [0, 0.1) is 0 Å². The number of anilines is 2. The number of nitrogens with zero attached hydrogens (tertiary/aromatic N) is 1. The number of hydrogen-bond acceptors (Lipinski definition) is 6. The molecule has 0 bridgehead atoms. The molecule has 1 unspecified atom stereocenters. The molecule has 0 heterocycles. The van der Waals surface area contributed by atoms with Crippen LogP contribution in [0.2, 0.25) is 5.02 Å². The molecule has 3 N–H and O–H groups in total. The third-order valence-corrected chi connectivity index (χ3v) is 6.30. The van der Waals surface area contributed by atoms with Crippen LogP contribution >= 0.6 is 11.6 Å². The lowest BCUT2D eigenvalue weighted by Crippen LogP contribution is -2.63. The first-order valence-electron chi connectivity index (χ1n) is 12.9. The van der Waals surface area contributed by atoms with E-state index in [9.17, 15) is 14.4 Å². The van der Waals surface area contributed by atoms with Gasteiger partial charge in [-0.2, -0.15) is 0 Å². The van der Waals surface area contributed by atoms with Crippen molar-refractivity contribution in [3.05, 3.63) is 83.4 Å². The molecule has 0 spiro atoms. The van der Waals surface area contributed by atoms with Gasteiger partial charge in [0.25, 0.3) is 5.91 Å². The highest BCUT2D eigenvalue weighted by Gasteiger charge is 2.38. The molecule has 0 aliphatic heterocycles. The van der Waals surface area contributed by atoms with Crippen molar-refractivity contribution in [2.75, 3.05) is 30.5 Å². The smallest absolute Gasteiger partial charge is 0.303 e. The number of carbonyl (C=O) groups is 3. The summed E-state index contributed by atoms with van der Waals surface area (Å²) in [7, 11) is 1.57. The Kier molecular flexibility index (Phi) is 10.8. The Morgan fingerprint density at radius 2 is 1.68 bits per heavy atom. The standard InChI is InChI=1S/C30H34ClN3O6/c1-4-34(24-12-16-25(39-3)17-13-24)29(38)30(2,33-27(35)20-21-7-5-8-22(31)19-21)32-23-10-14-26(15-11-23)40-18-6-9-28(36)37/h5,7-8,10-17,19,32H,4,6,9,18,20H2,1-3H3,(H,33,35)(H,36,37). The molecular weight excluding hydrogens is 534 g/mol. The van der Waals surface area contributed by atoms with Gasteiger partial charge in [0.05, 0.1) is 20.1 Å². The molecule has 3 aromatic rings. The minimum Gasteiger partial charge on any atom is -0.497 e. The molecule has 0 saturated carbocycles. The van der Waals surface area contributed by atoms with Crippen LogP contribution in [0.5, 0.6) is 11.5 Å². The van der Waals surface area contributed by atoms with E-state index in [1.54, 1.807) is 91.7 Å². The van der Waals surface area contributed by atoms with Crippen molar-refractivity contribution in [3.8, 4) is 11.5 Å². The van der Waals surface area contributed by atoms with Gasteiger partial charge in [0.1, 0.15) is 11.5 Å². The molecule has 2 amide bonds. The summed E-state index contributed by atoms with van der Waals surface area (Å²) >= 11 is 6.09. The van der Waals surface area contributed by atoms with Crippen molar-refractivity contribution in [3.63, 3.8) is 0 Å². The fraction of sp³-hybridized carbons (Fsp3) is 0.300. The highest BCUT2D eigenvalue weighted by atomic mass is 35.5. The van der Waals surface area contributed by atoms with Gasteiger partial charge in [-0.05, 0) is 86.5 Å². The summed E-state index contributed by atoms with van der Waals surface area (Å²) in [5, 5.41) is 15.4. The molecule has 9 nitrogen and oxygen atoms in total. The highest BCUT2D eigenvalue weighted by molar-refractivity contribution is 6.30. The van der Waals surface area contributed by atoms with E-state index in [1.165, 1.54) is 0 Å². The van der Waals surface area contributed by atoms with Crippen LogP contribution in [0.1, 0.15) is 32.3 Å². The highest BCUT2D eigenvalue weighted by Crippen LogP contribution is 2.25. The maximum absolute atomic E-state index is 14.0. The van der Waals surface area contributed by atoms with Crippen LogP contribution in [0.4, 0.5) is 11.4 Å². The van der Waals surface area contributed by atoms with Gasteiger partial charge in [0.15, 0.2) is 5.66 Å². The molecule has 0 fully saturated rings. The summed E-state index contributed by atoms with van der Waals surface area (Å²) in [6.45, 7) is 4.10. The molecule has 40 heavy (non-hydrogen) atoms. The lowest BCUT2D eigenvalue weighted by Gasteiger charge is -2.36. The quantitative estimate of drug-likeness (QED) is 0.182. The number of likely N-dealkylation sites (N-methyl/N-ethyl adjacent to an activating group) is 1. The van der Waals surface area contributed by atoms with Crippen LogP contribution in [-0.4, -0.2) is 48.8 Å². The van der Waals surface area contributed by atoms with Gasteiger partial charge in [0, 0.05) is 29.4 Å². The largest absolute Gasteiger partial charge is 0.497 e. The van der Waals surface area contributed by atoms with E-state index in [0.29, 0.717) is 46.4 Å². The number of halogens is 1. The van der Waals surface area contributed by atoms with Crippen molar-refractivity contribution in [2.45, 2.75) is 38.8 Å². The minimum atomic E-state index is -1.52. The van der Waals surface area contributed by atoms with Crippen molar-refractivity contribution in [1.82, 2.24) is 5.32 Å². The van der Waals surface area contributed by atoms with Gasteiger partial charge in [-0.15, -0.1) is 0 Å². The summed E-state index contributed by atoms with van der Waals surface area (Å²) in [5.74, 6) is -0.390. The average molecular weight is 568 g/mol. The summed E-state index contributed by atoms with van der Waals surface area (Å²) in [6.07, 6.45) is 0.443. The van der Waals surface area contributed by atoms with Crippen LogP contribution in [0.3, 0.4) is 0 Å². The first kappa shape index (κ1) is 30.3.